The third-order valence-electron chi connectivity index (χ3n) is 4.09. The lowest BCUT2D eigenvalue weighted by molar-refractivity contribution is 0.102. The molecule has 1 amide bonds. The summed E-state index contributed by atoms with van der Waals surface area (Å²) < 4.78 is 12.1. The summed E-state index contributed by atoms with van der Waals surface area (Å²) >= 11 is 3.44. The van der Waals surface area contributed by atoms with E-state index < -0.39 is 0 Å². The zero-order chi connectivity index (χ0) is 19.8. The summed E-state index contributed by atoms with van der Waals surface area (Å²) in [6.07, 6.45) is 0.831. The zero-order valence-corrected chi connectivity index (χ0v) is 17.2. The Balaban J connectivity index is 1.59. The van der Waals surface area contributed by atoms with Crippen molar-refractivity contribution >= 4 is 27.5 Å². The summed E-state index contributed by atoms with van der Waals surface area (Å²) in [5.74, 6) is 1.25. The molecular weight excluding hydrogens is 418 g/mol. The summed E-state index contributed by atoms with van der Waals surface area (Å²) in [5.41, 5.74) is 2.46. The van der Waals surface area contributed by atoms with Gasteiger partial charge in [-0.3, -0.25) is 4.79 Å². The van der Waals surface area contributed by atoms with Crippen molar-refractivity contribution in [3.8, 4) is 11.5 Å². The van der Waals surface area contributed by atoms with Gasteiger partial charge >= 0.3 is 0 Å². The second kappa shape index (κ2) is 9.95. The van der Waals surface area contributed by atoms with Gasteiger partial charge in [0.25, 0.3) is 5.91 Å². The summed E-state index contributed by atoms with van der Waals surface area (Å²) in [7, 11) is 0. The molecule has 0 unspecified atom stereocenters. The molecule has 4 nitrogen and oxygen atoms in total. The maximum atomic E-state index is 12.5. The minimum Gasteiger partial charge on any atom is -0.493 e. The normalized spacial score (nSPS) is 10.4. The highest BCUT2D eigenvalue weighted by Gasteiger charge is 2.10. The number of halogens is 1. The van der Waals surface area contributed by atoms with Crippen molar-refractivity contribution in [1.29, 1.82) is 0 Å². The van der Waals surface area contributed by atoms with E-state index in [1.807, 2.05) is 49.4 Å². The molecule has 144 valence electrons. The van der Waals surface area contributed by atoms with Crippen molar-refractivity contribution in [3.05, 3.63) is 88.4 Å². The molecule has 0 fully saturated rings. The molecule has 3 aromatic rings. The molecule has 0 aliphatic heterocycles. The lowest BCUT2D eigenvalue weighted by atomic mass is 10.2. The highest BCUT2D eigenvalue weighted by molar-refractivity contribution is 9.10. The van der Waals surface area contributed by atoms with Gasteiger partial charge in [-0.05, 0) is 58.7 Å². The van der Waals surface area contributed by atoms with Gasteiger partial charge in [0.15, 0.2) is 0 Å². The highest BCUT2D eigenvalue weighted by atomic mass is 79.9. The fourth-order valence-electron chi connectivity index (χ4n) is 2.71. The minimum atomic E-state index is -0.190. The number of carbonyl (C=O) groups excluding carboxylic acids is 1. The van der Waals surface area contributed by atoms with E-state index in [9.17, 15) is 4.79 Å². The highest BCUT2D eigenvalue weighted by Crippen LogP contribution is 2.26. The lowest BCUT2D eigenvalue weighted by Gasteiger charge is -2.11. The Labute approximate surface area is 173 Å². The number of benzene rings is 3. The fourth-order valence-corrected chi connectivity index (χ4v) is 3.21. The molecule has 0 aliphatic rings. The molecule has 1 N–H and O–H groups in total. The van der Waals surface area contributed by atoms with Gasteiger partial charge in [0.2, 0.25) is 0 Å². The number of nitrogens with one attached hydrogen (secondary N) is 1. The van der Waals surface area contributed by atoms with Crippen molar-refractivity contribution in [2.45, 2.75) is 13.3 Å². The lowest BCUT2D eigenvalue weighted by Crippen LogP contribution is -2.12. The van der Waals surface area contributed by atoms with Crippen LogP contribution in [0.15, 0.2) is 77.3 Å². The molecule has 0 spiro atoms. The second-order valence-corrected chi connectivity index (χ2v) is 7.00. The topological polar surface area (TPSA) is 47.6 Å². The first-order valence-electron chi connectivity index (χ1n) is 9.16. The van der Waals surface area contributed by atoms with Crippen molar-refractivity contribution in [3.63, 3.8) is 0 Å². The Morgan fingerprint density at radius 1 is 0.964 bits per heavy atom. The van der Waals surface area contributed by atoms with Crippen LogP contribution in [0.4, 0.5) is 5.69 Å². The third-order valence-corrected chi connectivity index (χ3v) is 4.71. The summed E-state index contributed by atoms with van der Waals surface area (Å²) in [6.45, 7) is 3.07. The summed E-state index contributed by atoms with van der Waals surface area (Å²) in [6, 6.07) is 22.9. The maximum Gasteiger partial charge on any atom is 0.255 e. The minimum absolute atomic E-state index is 0.190. The van der Waals surface area contributed by atoms with Crippen molar-refractivity contribution in [1.82, 2.24) is 0 Å². The second-order valence-electron chi connectivity index (χ2n) is 6.14. The Morgan fingerprint density at radius 2 is 1.79 bits per heavy atom. The van der Waals surface area contributed by atoms with Crippen LogP contribution in [0.2, 0.25) is 0 Å². The molecule has 0 saturated carbocycles. The van der Waals surface area contributed by atoms with E-state index in [4.69, 9.17) is 9.47 Å². The quantitative estimate of drug-likeness (QED) is 0.487. The number of carbonyl (C=O) groups is 1. The predicted octanol–water partition coefficient (Wildman–Crippen LogP) is 5.72. The Hall–Kier alpha value is -2.79. The van der Waals surface area contributed by atoms with Crippen molar-refractivity contribution in [2.24, 2.45) is 0 Å². The smallest absolute Gasteiger partial charge is 0.255 e. The number of anilines is 1. The molecule has 3 aromatic carbocycles. The predicted molar refractivity (Wildman–Crippen MR) is 115 cm³/mol. The van der Waals surface area contributed by atoms with Gasteiger partial charge in [-0.15, -0.1) is 0 Å². The average Bonchev–Trinajstić information content (AvgIpc) is 2.71. The van der Waals surface area contributed by atoms with E-state index >= 15 is 0 Å². The van der Waals surface area contributed by atoms with Crippen LogP contribution in [0.1, 0.15) is 22.8 Å². The maximum absolute atomic E-state index is 12.5. The van der Waals surface area contributed by atoms with Gasteiger partial charge in [0.05, 0.1) is 17.7 Å². The van der Waals surface area contributed by atoms with Crippen LogP contribution in [0.5, 0.6) is 11.5 Å². The largest absolute Gasteiger partial charge is 0.493 e. The molecule has 0 radical (unpaired) electrons. The van der Waals surface area contributed by atoms with E-state index in [0.717, 1.165) is 16.6 Å². The average molecular weight is 440 g/mol. The summed E-state index contributed by atoms with van der Waals surface area (Å²) in [4.78, 5) is 12.5. The van der Waals surface area contributed by atoms with Gasteiger partial charge in [-0.25, -0.2) is 0 Å². The molecule has 0 saturated heterocycles. The van der Waals surface area contributed by atoms with Crippen LogP contribution >= 0.6 is 15.9 Å². The van der Waals surface area contributed by atoms with Crippen LogP contribution in [-0.4, -0.2) is 19.1 Å². The van der Waals surface area contributed by atoms with Crippen LogP contribution in [0.3, 0.4) is 0 Å². The first-order chi connectivity index (χ1) is 13.7. The number of rotatable bonds is 8. The monoisotopic (exact) mass is 439 g/mol. The molecule has 3 rings (SSSR count). The molecule has 0 atom stereocenters. The number of hydrogen-bond acceptors (Lipinski definition) is 3. The molecule has 0 aliphatic carbocycles. The van der Waals surface area contributed by atoms with Crippen LogP contribution in [-0.2, 0) is 6.42 Å². The van der Waals surface area contributed by atoms with Crippen LogP contribution in [0.25, 0.3) is 0 Å². The standard InChI is InChI=1S/C23H22BrNO3/c1-2-27-22-12-11-18(15-21(22)24)23(26)25-19-9-6-10-20(16-19)28-14-13-17-7-4-3-5-8-17/h3-12,15-16H,2,13-14H2,1H3,(H,25,26). The molecule has 0 heterocycles. The molecule has 0 bridgehead atoms. The Morgan fingerprint density at radius 3 is 2.54 bits per heavy atom. The summed E-state index contributed by atoms with van der Waals surface area (Å²) in [5, 5.41) is 2.90. The first kappa shape index (κ1) is 20.0. The SMILES string of the molecule is CCOc1ccc(C(=O)Nc2cccc(OCCc3ccccc3)c2)cc1Br. The van der Waals surface area contributed by atoms with Gasteiger partial charge < -0.3 is 14.8 Å². The number of amides is 1. The van der Waals surface area contributed by atoms with Gasteiger partial charge in [-0.2, -0.15) is 0 Å². The van der Waals surface area contributed by atoms with Crippen molar-refractivity contribution < 1.29 is 14.3 Å². The van der Waals surface area contributed by atoms with Gasteiger partial charge in [-0.1, -0.05) is 36.4 Å². The molecule has 5 heteroatoms. The van der Waals surface area contributed by atoms with E-state index in [-0.39, 0.29) is 5.91 Å². The van der Waals surface area contributed by atoms with Crippen molar-refractivity contribution in [2.75, 3.05) is 18.5 Å². The zero-order valence-electron chi connectivity index (χ0n) is 15.7. The third kappa shape index (κ3) is 5.60. The van der Waals surface area contributed by atoms with E-state index in [1.54, 1.807) is 18.2 Å². The van der Waals surface area contributed by atoms with E-state index in [2.05, 4.69) is 33.4 Å². The molecular formula is C23H22BrNO3. The molecule has 28 heavy (non-hydrogen) atoms. The number of ether oxygens (including phenoxy) is 2. The van der Waals surface area contributed by atoms with E-state index in [0.29, 0.717) is 30.2 Å². The van der Waals surface area contributed by atoms with Crippen LogP contribution < -0.4 is 14.8 Å². The van der Waals surface area contributed by atoms with Gasteiger partial charge in [0.1, 0.15) is 11.5 Å². The number of hydrogen-bond donors (Lipinski definition) is 1. The Bertz CT molecular complexity index is 928. The molecule has 0 aromatic heterocycles. The van der Waals surface area contributed by atoms with Crippen LogP contribution in [0, 0.1) is 0 Å². The van der Waals surface area contributed by atoms with E-state index in [1.165, 1.54) is 5.56 Å². The first-order valence-corrected chi connectivity index (χ1v) is 9.95. The van der Waals surface area contributed by atoms with Gasteiger partial charge in [0, 0.05) is 23.7 Å². The fraction of sp³-hybridized carbons (Fsp3) is 0.174. The Kier molecular flexibility index (Phi) is 7.09.